The van der Waals surface area contributed by atoms with E-state index in [-0.39, 0.29) is 0 Å². The number of fused-ring (bicyclic) bond motifs is 1. The van der Waals surface area contributed by atoms with Crippen LogP contribution < -0.4 is 9.44 Å². The molecule has 1 saturated carbocycles. The average molecular weight is 498 g/mol. The lowest BCUT2D eigenvalue weighted by Crippen LogP contribution is -2.23. The Morgan fingerprint density at radius 3 is 2.82 bits per heavy atom. The number of rotatable bonds is 9. The second-order valence-electron chi connectivity index (χ2n) is 7.99. The number of nitrogens with zero attached hydrogens (tertiary/aromatic N) is 3. The van der Waals surface area contributed by atoms with E-state index in [4.69, 9.17) is 16.6 Å². The topological polar surface area (TPSA) is 62.2 Å². The van der Waals surface area contributed by atoms with Crippen molar-refractivity contribution >= 4 is 64.0 Å². The van der Waals surface area contributed by atoms with Gasteiger partial charge in [0.25, 0.3) is 0 Å². The first-order valence-electron chi connectivity index (χ1n) is 11.2. The number of anilines is 1. The Hall–Kier alpha value is -2.06. The van der Waals surface area contributed by atoms with Crippen LogP contribution >= 0.6 is 35.5 Å². The molecule has 0 atom stereocenters. The molecule has 1 aliphatic carbocycles. The first-order valence-corrected chi connectivity index (χ1v) is 13.2. The van der Waals surface area contributed by atoms with E-state index in [1.54, 1.807) is 6.20 Å². The van der Waals surface area contributed by atoms with Crippen molar-refractivity contribution in [1.82, 2.24) is 14.1 Å². The predicted octanol–water partition coefficient (Wildman–Crippen LogP) is 7.53. The van der Waals surface area contributed by atoms with Gasteiger partial charge in [-0.15, -0.1) is 0 Å². The third-order valence-electron chi connectivity index (χ3n) is 5.71. The quantitative estimate of drug-likeness (QED) is 0.235. The minimum Gasteiger partial charge on any atom is -0.351 e. The SMILES string of the molecule is C=N/C=C(\SNSc1ccccc1Cl)c1cc(CC)c2nc(NC3CCCCC3)ncc2c1. The number of aryl methyl sites for hydroxylation is 1. The second-order valence-corrected chi connectivity index (χ2v) is 10.4. The molecule has 3 aromatic rings. The maximum atomic E-state index is 6.26. The van der Waals surface area contributed by atoms with Crippen LogP contribution in [0.5, 0.6) is 0 Å². The summed E-state index contributed by atoms with van der Waals surface area (Å²) in [5.41, 5.74) is 3.25. The summed E-state index contributed by atoms with van der Waals surface area (Å²) in [6.07, 6.45) is 10.9. The highest BCUT2D eigenvalue weighted by Gasteiger charge is 2.16. The highest BCUT2D eigenvalue weighted by molar-refractivity contribution is 8.17. The third kappa shape index (κ3) is 6.29. The number of halogens is 1. The summed E-state index contributed by atoms with van der Waals surface area (Å²) in [4.78, 5) is 15.4. The van der Waals surface area contributed by atoms with Crippen molar-refractivity contribution in [3.05, 3.63) is 64.9 Å². The fourth-order valence-electron chi connectivity index (χ4n) is 4.01. The molecule has 1 aromatic heterocycles. The Morgan fingerprint density at radius 1 is 1.24 bits per heavy atom. The van der Waals surface area contributed by atoms with Crippen LogP contribution in [0.1, 0.15) is 50.2 Å². The van der Waals surface area contributed by atoms with Gasteiger partial charge in [-0.3, -0.25) is 4.99 Å². The third-order valence-corrected chi connectivity index (χ3v) is 7.96. The molecule has 172 valence electrons. The van der Waals surface area contributed by atoms with Gasteiger partial charge in [0.2, 0.25) is 5.95 Å². The smallest absolute Gasteiger partial charge is 0.223 e. The van der Waals surface area contributed by atoms with Crippen LogP contribution in [0.3, 0.4) is 0 Å². The molecule has 0 radical (unpaired) electrons. The molecule has 2 aromatic carbocycles. The minimum absolute atomic E-state index is 0.479. The van der Waals surface area contributed by atoms with Gasteiger partial charge in [0.05, 0.1) is 10.5 Å². The van der Waals surface area contributed by atoms with Gasteiger partial charge in [0.1, 0.15) is 0 Å². The zero-order chi connectivity index (χ0) is 23.0. The van der Waals surface area contributed by atoms with Gasteiger partial charge < -0.3 is 5.32 Å². The van der Waals surface area contributed by atoms with Crippen molar-refractivity contribution in [3.8, 4) is 0 Å². The summed E-state index contributed by atoms with van der Waals surface area (Å²) in [7, 11) is 0. The standard InChI is InChI=1S/C25H28ClN5S2/c1-3-17-13-18(23(16-27-2)33-31-32-22-12-8-7-11-21(22)26)14-19-15-28-25(30-24(17)19)29-20-9-5-4-6-10-20/h7-8,11-16,20,31H,2-6,9-10H2,1H3,(H,28,29,30)/b23-16-. The van der Waals surface area contributed by atoms with Gasteiger partial charge in [0.15, 0.2) is 0 Å². The van der Waals surface area contributed by atoms with Crippen molar-refractivity contribution < 1.29 is 0 Å². The molecule has 0 unspecified atom stereocenters. The number of hydrogen-bond acceptors (Lipinski definition) is 7. The highest BCUT2D eigenvalue weighted by Crippen LogP contribution is 2.34. The largest absolute Gasteiger partial charge is 0.351 e. The van der Waals surface area contributed by atoms with Crippen LogP contribution in [-0.2, 0) is 6.42 Å². The number of benzene rings is 2. The van der Waals surface area contributed by atoms with Crippen molar-refractivity contribution in [2.75, 3.05) is 5.32 Å². The summed E-state index contributed by atoms with van der Waals surface area (Å²) in [6.45, 7) is 5.81. The van der Waals surface area contributed by atoms with Crippen LogP contribution in [0, 0.1) is 0 Å². The molecule has 33 heavy (non-hydrogen) atoms. The molecule has 8 heteroatoms. The molecule has 1 aliphatic rings. The lowest BCUT2D eigenvalue weighted by atomic mass is 9.96. The van der Waals surface area contributed by atoms with Crippen molar-refractivity contribution in [2.45, 2.75) is 56.4 Å². The fraction of sp³-hybridized carbons (Fsp3) is 0.320. The molecular formula is C25H28ClN5S2. The van der Waals surface area contributed by atoms with E-state index in [2.05, 4.69) is 45.2 Å². The fourth-order valence-corrected chi connectivity index (χ4v) is 5.82. The summed E-state index contributed by atoms with van der Waals surface area (Å²) in [5, 5.41) is 5.29. The molecule has 0 spiro atoms. The van der Waals surface area contributed by atoms with Crippen LogP contribution in [0.2, 0.25) is 5.02 Å². The molecule has 0 amide bonds. The predicted molar refractivity (Wildman–Crippen MR) is 145 cm³/mol. The molecule has 1 heterocycles. The van der Waals surface area contributed by atoms with Gasteiger partial charge >= 0.3 is 0 Å². The second kappa shape index (κ2) is 11.9. The number of aliphatic imine (C=N–C) groups is 1. The molecule has 4 rings (SSSR count). The van der Waals surface area contributed by atoms with E-state index < -0.39 is 0 Å². The zero-order valence-corrected chi connectivity index (χ0v) is 21.1. The van der Waals surface area contributed by atoms with Crippen LogP contribution in [-0.4, -0.2) is 22.7 Å². The minimum atomic E-state index is 0.479. The molecule has 2 N–H and O–H groups in total. The first-order chi connectivity index (χ1) is 16.2. The van der Waals surface area contributed by atoms with E-state index in [9.17, 15) is 0 Å². The number of aromatic nitrogens is 2. The van der Waals surface area contributed by atoms with Gasteiger partial charge in [-0.2, -0.15) is 4.13 Å². The Labute approximate surface area is 209 Å². The summed E-state index contributed by atoms with van der Waals surface area (Å²) in [5.74, 6) is 0.729. The lowest BCUT2D eigenvalue weighted by molar-refractivity contribution is 0.461. The van der Waals surface area contributed by atoms with E-state index in [1.807, 2.05) is 30.5 Å². The summed E-state index contributed by atoms with van der Waals surface area (Å²) < 4.78 is 3.32. The van der Waals surface area contributed by atoms with Gasteiger partial charge in [-0.05, 0) is 85.3 Å². The molecule has 0 saturated heterocycles. The van der Waals surface area contributed by atoms with E-state index in [0.717, 1.165) is 43.7 Å². The highest BCUT2D eigenvalue weighted by atomic mass is 35.5. The summed E-state index contributed by atoms with van der Waals surface area (Å²) in [6, 6.07) is 12.5. The van der Waals surface area contributed by atoms with Crippen LogP contribution in [0.15, 0.2) is 58.7 Å². The number of hydrogen-bond donors (Lipinski definition) is 2. The Morgan fingerprint density at radius 2 is 2.06 bits per heavy atom. The summed E-state index contributed by atoms with van der Waals surface area (Å²) >= 11 is 9.22. The molecule has 0 aliphatic heterocycles. The molecule has 5 nitrogen and oxygen atoms in total. The first kappa shape index (κ1) is 24.1. The maximum absolute atomic E-state index is 6.26. The van der Waals surface area contributed by atoms with Crippen LogP contribution in [0.4, 0.5) is 5.95 Å². The number of nitrogens with one attached hydrogen (secondary N) is 2. The van der Waals surface area contributed by atoms with Crippen molar-refractivity contribution in [1.29, 1.82) is 0 Å². The monoisotopic (exact) mass is 497 g/mol. The zero-order valence-electron chi connectivity index (χ0n) is 18.7. The molecular weight excluding hydrogens is 470 g/mol. The van der Waals surface area contributed by atoms with Gasteiger partial charge in [-0.1, -0.05) is 49.9 Å². The average Bonchev–Trinajstić information content (AvgIpc) is 2.84. The normalized spacial score (nSPS) is 15.0. The van der Waals surface area contributed by atoms with Gasteiger partial charge in [-0.25, -0.2) is 9.97 Å². The van der Waals surface area contributed by atoms with Crippen LogP contribution in [0.25, 0.3) is 15.8 Å². The van der Waals surface area contributed by atoms with Gasteiger partial charge in [0, 0.05) is 33.6 Å². The van der Waals surface area contributed by atoms with E-state index in [1.165, 1.54) is 61.6 Å². The Balaban J connectivity index is 1.54. The van der Waals surface area contributed by atoms with E-state index in [0.29, 0.717) is 6.04 Å². The molecule has 0 bridgehead atoms. The molecule has 1 fully saturated rings. The lowest BCUT2D eigenvalue weighted by Gasteiger charge is -2.22. The van der Waals surface area contributed by atoms with Crippen molar-refractivity contribution in [3.63, 3.8) is 0 Å². The Kier molecular flexibility index (Phi) is 8.67. The van der Waals surface area contributed by atoms with E-state index >= 15 is 0 Å². The maximum Gasteiger partial charge on any atom is 0.223 e. The Bertz CT molecular complexity index is 1140. The van der Waals surface area contributed by atoms with Crippen molar-refractivity contribution in [2.24, 2.45) is 4.99 Å².